The summed E-state index contributed by atoms with van der Waals surface area (Å²) < 4.78 is 14.4. The molecular weight excluding hydrogens is 244 g/mol. The van der Waals surface area contributed by atoms with Crippen LogP contribution in [0.4, 0.5) is 5.88 Å². The Hall–Kier alpha value is -2.64. The first kappa shape index (κ1) is 11.8. The van der Waals surface area contributed by atoms with Gasteiger partial charge in [0.15, 0.2) is 11.5 Å². The number of hydrogen-bond acceptors (Lipinski definition) is 7. The molecule has 18 heavy (non-hydrogen) atoms. The summed E-state index contributed by atoms with van der Waals surface area (Å²) in [7, 11) is 0. The van der Waals surface area contributed by atoms with Crippen LogP contribution >= 0.6 is 0 Å². The van der Waals surface area contributed by atoms with E-state index in [1.165, 1.54) is 12.1 Å². The lowest BCUT2D eigenvalue weighted by molar-refractivity contribution is -0.401. The summed E-state index contributed by atoms with van der Waals surface area (Å²) in [6.07, 6.45) is 1.10. The van der Waals surface area contributed by atoms with Crippen molar-refractivity contribution in [3.8, 4) is 11.5 Å². The van der Waals surface area contributed by atoms with Gasteiger partial charge in [0.2, 0.25) is 0 Å². The number of rotatable bonds is 4. The molecule has 0 aliphatic heterocycles. The molecule has 0 bridgehead atoms. The van der Waals surface area contributed by atoms with Crippen LogP contribution in [-0.2, 0) is 4.74 Å². The van der Waals surface area contributed by atoms with Gasteiger partial charge < -0.3 is 13.7 Å². The van der Waals surface area contributed by atoms with Crippen molar-refractivity contribution in [2.24, 2.45) is 0 Å². The first-order valence-electron chi connectivity index (χ1n) is 4.99. The monoisotopic (exact) mass is 252 g/mol. The summed E-state index contributed by atoms with van der Waals surface area (Å²) in [5.41, 5.74) is 0.127. The second kappa shape index (κ2) is 4.70. The van der Waals surface area contributed by atoms with Crippen molar-refractivity contribution in [3.05, 3.63) is 34.1 Å². The molecule has 94 valence electrons. The Labute approximate surface area is 100 Å². The maximum atomic E-state index is 11.5. The largest absolute Gasteiger partial charge is 0.462 e. The molecule has 0 N–H and O–H groups in total. The third kappa shape index (κ3) is 2.08. The van der Waals surface area contributed by atoms with Crippen molar-refractivity contribution in [1.82, 2.24) is 5.16 Å². The smallest absolute Gasteiger partial charge is 0.433 e. The fraction of sp³-hybridized carbons (Fsp3) is 0.200. The standard InChI is InChI=1S/C10H8N2O6/c1-2-16-10(13)6-5-17-11-9(6)7-3-4-8(18-7)12(14)15/h3-5H,2H2,1H3. The number of nitrogens with zero attached hydrogens (tertiary/aromatic N) is 2. The predicted molar refractivity (Wildman–Crippen MR) is 56.8 cm³/mol. The lowest BCUT2D eigenvalue weighted by atomic mass is 10.2. The van der Waals surface area contributed by atoms with Gasteiger partial charge in [0, 0.05) is 0 Å². The highest BCUT2D eigenvalue weighted by Gasteiger charge is 2.23. The lowest BCUT2D eigenvalue weighted by Gasteiger charge is -1.98. The van der Waals surface area contributed by atoms with Crippen LogP contribution in [0.15, 0.2) is 27.3 Å². The highest BCUT2D eigenvalue weighted by Crippen LogP contribution is 2.27. The molecule has 0 radical (unpaired) electrons. The number of nitro groups is 1. The maximum absolute atomic E-state index is 11.5. The Morgan fingerprint density at radius 3 is 2.94 bits per heavy atom. The highest BCUT2D eigenvalue weighted by atomic mass is 16.6. The third-order valence-corrected chi connectivity index (χ3v) is 2.07. The molecular formula is C10H8N2O6. The van der Waals surface area contributed by atoms with Gasteiger partial charge in [-0.2, -0.15) is 0 Å². The Bertz CT molecular complexity index is 585. The molecule has 2 heterocycles. The molecule has 0 saturated carbocycles. The van der Waals surface area contributed by atoms with E-state index in [0.29, 0.717) is 0 Å². The number of furan rings is 1. The second-order valence-corrected chi connectivity index (χ2v) is 3.19. The normalized spacial score (nSPS) is 10.3. The van der Waals surface area contributed by atoms with E-state index in [0.717, 1.165) is 6.26 Å². The van der Waals surface area contributed by atoms with E-state index < -0.39 is 16.8 Å². The Kier molecular flexibility index (Phi) is 3.09. The minimum absolute atomic E-state index is 0.0566. The minimum atomic E-state index is -0.687. The van der Waals surface area contributed by atoms with Crippen LogP contribution in [0, 0.1) is 10.1 Å². The van der Waals surface area contributed by atoms with E-state index in [9.17, 15) is 14.9 Å². The number of ether oxygens (including phenoxy) is 1. The second-order valence-electron chi connectivity index (χ2n) is 3.19. The number of carbonyl (C=O) groups is 1. The van der Waals surface area contributed by atoms with Gasteiger partial charge in [-0.15, -0.1) is 0 Å². The van der Waals surface area contributed by atoms with E-state index in [1.807, 2.05) is 0 Å². The van der Waals surface area contributed by atoms with E-state index >= 15 is 0 Å². The van der Waals surface area contributed by atoms with Gasteiger partial charge in [-0.1, -0.05) is 5.16 Å². The molecule has 0 spiro atoms. The van der Waals surface area contributed by atoms with Crippen LogP contribution in [-0.4, -0.2) is 22.7 Å². The lowest BCUT2D eigenvalue weighted by Crippen LogP contribution is -2.04. The zero-order chi connectivity index (χ0) is 13.1. The van der Waals surface area contributed by atoms with Gasteiger partial charge in [-0.05, 0) is 13.0 Å². The molecule has 8 heteroatoms. The van der Waals surface area contributed by atoms with E-state index in [4.69, 9.17) is 9.15 Å². The Balaban J connectivity index is 2.36. The number of aromatic nitrogens is 1. The summed E-state index contributed by atoms with van der Waals surface area (Å²) in [4.78, 5) is 21.3. The molecule has 0 aromatic carbocycles. The van der Waals surface area contributed by atoms with Crippen molar-refractivity contribution in [3.63, 3.8) is 0 Å². The molecule has 0 fully saturated rings. The Morgan fingerprint density at radius 2 is 2.33 bits per heavy atom. The minimum Gasteiger partial charge on any atom is -0.462 e. The van der Waals surface area contributed by atoms with E-state index in [2.05, 4.69) is 9.68 Å². The van der Waals surface area contributed by atoms with Crippen molar-refractivity contribution < 1.29 is 23.4 Å². The van der Waals surface area contributed by atoms with Crippen LogP contribution < -0.4 is 0 Å². The average molecular weight is 252 g/mol. The average Bonchev–Trinajstić information content (AvgIpc) is 2.98. The third-order valence-electron chi connectivity index (χ3n) is 2.07. The SMILES string of the molecule is CCOC(=O)c1conc1-c1ccc([N+](=O)[O-])o1. The van der Waals surface area contributed by atoms with Gasteiger partial charge in [0.05, 0.1) is 12.7 Å². The number of esters is 1. The van der Waals surface area contributed by atoms with E-state index in [1.54, 1.807) is 6.92 Å². The first-order valence-corrected chi connectivity index (χ1v) is 4.99. The number of carbonyl (C=O) groups excluding carboxylic acids is 1. The summed E-state index contributed by atoms with van der Waals surface area (Å²) >= 11 is 0. The first-order chi connectivity index (χ1) is 8.63. The molecule has 0 saturated heterocycles. The fourth-order valence-corrected chi connectivity index (χ4v) is 1.32. The van der Waals surface area contributed by atoms with Crippen LogP contribution in [0.5, 0.6) is 0 Å². The van der Waals surface area contributed by atoms with Crippen LogP contribution in [0.25, 0.3) is 11.5 Å². The molecule has 8 nitrogen and oxygen atoms in total. The van der Waals surface area contributed by atoms with Gasteiger partial charge in [0.25, 0.3) is 0 Å². The van der Waals surface area contributed by atoms with Crippen molar-refractivity contribution in [2.75, 3.05) is 6.61 Å². The van der Waals surface area contributed by atoms with Gasteiger partial charge in [-0.3, -0.25) is 10.1 Å². The van der Waals surface area contributed by atoms with Gasteiger partial charge >= 0.3 is 11.9 Å². The molecule has 0 aliphatic rings. The molecule has 2 aromatic heterocycles. The summed E-state index contributed by atoms with van der Waals surface area (Å²) in [6, 6.07) is 2.50. The summed E-state index contributed by atoms with van der Waals surface area (Å²) in [6.45, 7) is 1.85. The zero-order valence-electron chi connectivity index (χ0n) is 9.28. The summed E-state index contributed by atoms with van der Waals surface area (Å²) in [5, 5.41) is 14.1. The molecule has 2 rings (SSSR count). The van der Waals surface area contributed by atoms with Crippen LogP contribution in [0.3, 0.4) is 0 Å². The van der Waals surface area contributed by atoms with Gasteiger partial charge in [0.1, 0.15) is 16.7 Å². The number of hydrogen-bond donors (Lipinski definition) is 0. The van der Waals surface area contributed by atoms with Crippen molar-refractivity contribution >= 4 is 11.9 Å². The predicted octanol–water partition coefficient (Wildman–Crippen LogP) is 2.02. The Morgan fingerprint density at radius 1 is 1.56 bits per heavy atom. The molecule has 0 aliphatic carbocycles. The molecule has 0 atom stereocenters. The van der Waals surface area contributed by atoms with Crippen LogP contribution in [0.1, 0.15) is 17.3 Å². The quantitative estimate of drug-likeness (QED) is 0.465. The summed E-state index contributed by atoms with van der Waals surface area (Å²) in [5.74, 6) is -1.01. The van der Waals surface area contributed by atoms with Gasteiger partial charge in [-0.25, -0.2) is 4.79 Å². The van der Waals surface area contributed by atoms with Crippen LogP contribution in [0.2, 0.25) is 0 Å². The molecule has 0 unspecified atom stereocenters. The van der Waals surface area contributed by atoms with E-state index in [-0.39, 0.29) is 23.6 Å². The van der Waals surface area contributed by atoms with Crippen molar-refractivity contribution in [1.29, 1.82) is 0 Å². The zero-order valence-corrected chi connectivity index (χ0v) is 9.28. The maximum Gasteiger partial charge on any atom is 0.433 e. The molecule has 0 amide bonds. The van der Waals surface area contributed by atoms with Crippen molar-refractivity contribution in [2.45, 2.75) is 6.92 Å². The molecule has 2 aromatic rings. The fourth-order valence-electron chi connectivity index (χ4n) is 1.32. The highest BCUT2D eigenvalue weighted by molar-refractivity contribution is 5.95. The topological polar surface area (TPSA) is 109 Å².